The molecule has 74 valence electrons. The molecule has 0 atom stereocenters. The molecule has 0 saturated carbocycles. The van der Waals surface area contributed by atoms with Crippen molar-refractivity contribution >= 4 is 0 Å². The smallest absolute Gasteiger partial charge is 0.0841 e. The van der Waals surface area contributed by atoms with Crippen molar-refractivity contribution in [1.29, 1.82) is 5.26 Å². The van der Waals surface area contributed by atoms with Gasteiger partial charge in [0.25, 0.3) is 0 Å². The summed E-state index contributed by atoms with van der Waals surface area (Å²) < 4.78 is 0. The predicted molar refractivity (Wildman–Crippen MR) is 55.7 cm³/mol. The fourth-order valence-electron chi connectivity index (χ4n) is 1.28. The first-order chi connectivity index (χ1) is 6.67. The van der Waals surface area contributed by atoms with Crippen LogP contribution in [0.4, 0.5) is 0 Å². The van der Waals surface area contributed by atoms with Crippen molar-refractivity contribution < 1.29 is 0 Å². The summed E-state index contributed by atoms with van der Waals surface area (Å²) in [4.78, 5) is 4.31. The zero-order chi connectivity index (χ0) is 10.4. The average Bonchev–Trinajstić information content (AvgIpc) is 2.19. The van der Waals surface area contributed by atoms with Gasteiger partial charge in [0.2, 0.25) is 0 Å². The molecule has 0 aliphatic carbocycles. The van der Waals surface area contributed by atoms with Gasteiger partial charge in [0, 0.05) is 23.9 Å². The number of hydrogen-bond donors (Lipinski definition) is 1. The summed E-state index contributed by atoms with van der Waals surface area (Å²) in [5.41, 5.74) is 1.02. The fourth-order valence-corrected chi connectivity index (χ4v) is 1.28. The number of nitrogens with zero attached hydrogens (tertiary/aromatic N) is 2. The molecule has 0 fully saturated rings. The topological polar surface area (TPSA) is 48.7 Å². The van der Waals surface area contributed by atoms with Crippen molar-refractivity contribution in [2.75, 3.05) is 13.1 Å². The molecule has 0 radical (unpaired) electrons. The van der Waals surface area contributed by atoms with E-state index in [9.17, 15) is 0 Å². The van der Waals surface area contributed by atoms with Crippen LogP contribution in [0.2, 0.25) is 0 Å². The molecular formula is C11H15N3. The molecule has 0 aliphatic heterocycles. The van der Waals surface area contributed by atoms with Gasteiger partial charge >= 0.3 is 0 Å². The number of pyridine rings is 1. The van der Waals surface area contributed by atoms with Crippen molar-refractivity contribution in [1.82, 2.24) is 10.3 Å². The summed E-state index contributed by atoms with van der Waals surface area (Å²) >= 11 is 0. The first-order valence-corrected chi connectivity index (χ1v) is 4.66. The molecule has 1 N–H and O–H groups in total. The third-order valence-electron chi connectivity index (χ3n) is 2.13. The maximum atomic E-state index is 8.41. The van der Waals surface area contributed by atoms with Crippen molar-refractivity contribution in [3.05, 3.63) is 30.1 Å². The van der Waals surface area contributed by atoms with E-state index in [-0.39, 0.29) is 5.41 Å². The van der Waals surface area contributed by atoms with Gasteiger partial charge in [0.15, 0.2) is 0 Å². The zero-order valence-electron chi connectivity index (χ0n) is 8.62. The highest BCUT2D eigenvalue weighted by Crippen LogP contribution is 2.18. The van der Waals surface area contributed by atoms with Gasteiger partial charge in [-0.25, -0.2) is 0 Å². The van der Waals surface area contributed by atoms with Crippen molar-refractivity contribution in [3.8, 4) is 6.07 Å². The molecule has 0 unspecified atom stereocenters. The minimum atomic E-state index is -0.0297. The Morgan fingerprint density at radius 2 is 2.29 bits per heavy atom. The van der Waals surface area contributed by atoms with E-state index in [1.165, 1.54) is 0 Å². The molecule has 0 saturated heterocycles. The lowest BCUT2D eigenvalue weighted by atomic mass is 9.89. The van der Waals surface area contributed by atoms with Crippen LogP contribution in [0, 0.1) is 11.3 Å². The number of rotatable bonds is 4. The van der Waals surface area contributed by atoms with Crippen molar-refractivity contribution in [2.45, 2.75) is 19.3 Å². The average molecular weight is 189 g/mol. The standard InChI is InChI=1S/C11H15N3/c1-11(2,9-13-8-6-12)10-5-3-4-7-14-10/h3-5,7,13H,8-9H2,1-2H3. The van der Waals surface area contributed by atoms with E-state index in [0.29, 0.717) is 6.54 Å². The quantitative estimate of drug-likeness (QED) is 0.576. The zero-order valence-corrected chi connectivity index (χ0v) is 8.62. The van der Waals surface area contributed by atoms with Gasteiger partial charge in [-0.1, -0.05) is 19.9 Å². The minimum absolute atomic E-state index is 0.0297. The number of nitriles is 1. The molecule has 0 bridgehead atoms. The summed E-state index contributed by atoms with van der Waals surface area (Å²) in [7, 11) is 0. The fraction of sp³-hybridized carbons (Fsp3) is 0.455. The Morgan fingerprint density at radius 1 is 1.50 bits per heavy atom. The molecule has 3 heteroatoms. The van der Waals surface area contributed by atoms with E-state index in [4.69, 9.17) is 5.26 Å². The Balaban J connectivity index is 2.62. The molecule has 0 aliphatic rings. The number of hydrogen-bond acceptors (Lipinski definition) is 3. The van der Waals surface area contributed by atoms with Crippen molar-refractivity contribution in [3.63, 3.8) is 0 Å². The molecule has 0 aromatic carbocycles. The molecule has 0 amide bonds. The predicted octanol–water partition coefficient (Wildman–Crippen LogP) is 1.47. The minimum Gasteiger partial charge on any atom is -0.304 e. The summed E-state index contributed by atoms with van der Waals surface area (Å²) in [6, 6.07) is 7.95. The first-order valence-electron chi connectivity index (χ1n) is 4.66. The summed E-state index contributed by atoms with van der Waals surface area (Å²) in [6.07, 6.45) is 1.79. The van der Waals surface area contributed by atoms with Crippen LogP contribution in [-0.2, 0) is 5.41 Å². The molecular weight excluding hydrogens is 174 g/mol. The van der Waals surface area contributed by atoms with E-state index < -0.39 is 0 Å². The van der Waals surface area contributed by atoms with Crippen LogP contribution < -0.4 is 5.32 Å². The third-order valence-corrected chi connectivity index (χ3v) is 2.13. The van der Waals surface area contributed by atoms with Crippen LogP contribution in [0.1, 0.15) is 19.5 Å². The van der Waals surface area contributed by atoms with Crippen LogP contribution in [-0.4, -0.2) is 18.1 Å². The Kier molecular flexibility index (Phi) is 3.61. The van der Waals surface area contributed by atoms with E-state index >= 15 is 0 Å². The highest BCUT2D eigenvalue weighted by atomic mass is 14.9. The van der Waals surface area contributed by atoms with Gasteiger partial charge in [-0.15, -0.1) is 0 Å². The Morgan fingerprint density at radius 3 is 2.86 bits per heavy atom. The number of aromatic nitrogens is 1. The first kappa shape index (κ1) is 10.7. The maximum Gasteiger partial charge on any atom is 0.0841 e. The lowest BCUT2D eigenvalue weighted by Gasteiger charge is -2.23. The Labute approximate surface area is 84.8 Å². The molecule has 3 nitrogen and oxygen atoms in total. The molecule has 1 aromatic heterocycles. The Bertz CT molecular complexity index is 311. The third kappa shape index (κ3) is 2.82. The highest BCUT2D eigenvalue weighted by Gasteiger charge is 2.20. The van der Waals surface area contributed by atoms with Gasteiger partial charge in [0.1, 0.15) is 0 Å². The molecule has 1 rings (SSSR count). The lowest BCUT2D eigenvalue weighted by Crippen LogP contribution is -2.33. The van der Waals surface area contributed by atoms with Crippen LogP contribution >= 0.6 is 0 Å². The van der Waals surface area contributed by atoms with E-state index in [1.54, 1.807) is 6.20 Å². The van der Waals surface area contributed by atoms with Crippen LogP contribution in [0.3, 0.4) is 0 Å². The summed E-state index contributed by atoms with van der Waals surface area (Å²) in [5, 5.41) is 11.5. The molecule has 0 spiro atoms. The van der Waals surface area contributed by atoms with Crippen molar-refractivity contribution in [2.24, 2.45) is 0 Å². The van der Waals surface area contributed by atoms with Gasteiger partial charge in [-0.05, 0) is 12.1 Å². The molecule has 1 aromatic rings. The second-order valence-electron chi connectivity index (χ2n) is 3.86. The lowest BCUT2D eigenvalue weighted by molar-refractivity contribution is 0.472. The van der Waals surface area contributed by atoms with Crippen LogP contribution in [0.5, 0.6) is 0 Å². The largest absolute Gasteiger partial charge is 0.304 e. The SMILES string of the molecule is CC(C)(CNCC#N)c1ccccn1. The number of nitrogens with one attached hydrogen (secondary N) is 1. The summed E-state index contributed by atoms with van der Waals surface area (Å²) in [6.45, 7) is 5.37. The van der Waals surface area contributed by atoms with E-state index in [1.807, 2.05) is 18.2 Å². The van der Waals surface area contributed by atoms with E-state index in [0.717, 1.165) is 12.2 Å². The van der Waals surface area contributed by atoms with Crippen LogP contribution in [0.15, 0.2) is 24.4 Å². The van der Waals surface area contributed by atoms with Crippen LogP contribution in [0.25, 0.3) is 0 Å². The van der Waals surface area contributed by atoms with Gasteiger partial charge in [-0.2, -0.15) is 5.26 Å². The van der Waals surface area contributed by atoms with Gasteiger partial charge in [-0.3, -0.25) is 4.98 Å². The molecule has 1 heterocycles. The second kappa shape index (κ2) is 4.73. The summed E-state index contributed by atoms with van der Waals surface area (Å²) in [5.74, 6) is 0. The normalized spacial score (nSPS) is 10.9. The second-order valence-corrected chi connectivity index (χ2v) is 3.86. The Hall–Kier alpha value is -1.40. The molecule has 14 heavy (non-hydrogen) atoms. The van der Waals surface area contributed by atoms with Gasteiger partial charge < -0.3 is 5.32 Å². The highest BCUT2D eigenvalue weighted by molar-refractivity contribution is 5.15. The van der Waals surface area contributed by atoms with E-state index in [2.05, 4.69) is 30.2 Å². The monoisotopic (exact) mass is 189 g/mol. The maximum absolute atomic E-state index is 8.41. The van der Waals surface area contributed by atoms with Gasteiger partial charge in [0.05, 0.1) is 12.6 Å².